The molecule has 126 valence electrons. The molecule has 1 aromatic carbocycles. The first-order valence-electron chi connectivity index (χ1n) is 8.12. The topological polar surface area (TPSA) is 75.4 Å². The van der Waals surface area contributed by atoms with Gasteiger partial charge in [-0.05, 0) is 23.6 Å². The fraction of sp³-hybridized carbons (Fsp3) is 0.211. The molecule has 3 aromatic rings. The highest BCUT2D eigenvalue weighted by Gasteiger charge is 2.35. The molecular weight excluding hydrogens is 318 g/mol. The van der Waals surface area contributed by atoms with Crippen LogP contribution in [0, 0.1) is 0 Å². The fourth-order valence-corrected chi connectivity index (χ4v) is 3.33. The van der Waals surface area contributed by atoms with Crippen LogP contribution in [0.3, 0.4) is 0 Å². The number of hydrogen-bond acceptors (Lipinski definition) is 4. The number of pyridine rings is 1. The predicted molar refractivity (Wildman–Crippen MR) is 92.0 cm³/mol. The number of aromatic nitrogens is 1. The van der Waals surface area contributed by atoms with E-state index in [-0.39, 0.29) is 11.8 Å². The SMILES string of the molecule is CNC(=O)C1c2ccccc2CCN1C(=O)c1cnc2ccoc2c1. The van der Waals surface area contributed by atoms with Crippen LogP contribution in [-0.4, -0.2) is 35.3 Å². The van der Waals surface area contributed by atoms with E-state index in [1.54, 1.807) is 24.1 Å². The third-order valence-corrected chi connectivity index (χ3v) is 4.59. The molecule has 0 fully saturated rings. The number of benzene rings is 1. The summed E-state index contributed by atoms with van der Waals surface area (Å²) in [6, 6.07) is 10.5. The van der Waals surface area contributed by atoms with Gasteiger partial charge in [-0.3, -0.25) is 14.6 Å². The van der Waals surface area contributed by atoms with Crippen LogP contribution in [0.25, 0.3) is 11.1 Å². The number of nitrogens with one attached hydrogen (secondary N) is 1. The van der Waals surface area contributed by atoms with Gasteiger partial charge in [0, 0.05) is 25.9 Å². The standard InChI is InChI=1S/C19H17N3O3/c1-20-18(23)17-14-5-3-2-4-12(14)6-8-22(17)19(24)13-10-16-15(21-11-13)7-9-25-16/h2-5,7,9-11,17H,6,8H2,1H3,(H,20,23). The maximum Gasteiger partial charge on any atom is 0.256 e. The van der Waals surface area contributed by atoms with Gasteiger partial charge in [-0.2, -0.15) is 0 Å². The average Bonchev–Trinajstić information content (AvgIpc) is 3.13. The van der Waals surface area contributed by atoms with Crippen molar-refractivity contribution in [3.8, 4) is 0 Å². The molecule has 0 bridgehead atoms. The molecule has 4 rings (SSSR count). The van der Waals surface area contributed by atoms with Crippen molar-refractivity contribution in [1.82, 2.24) is 15.2 Å². The van der Waals surface area contributed by atoms with E-state index in [4.69, 9.17) is 4.42 Å². The van der Waals surface area contributed by atoms with Crippen molar-refractivity contribution in [2.24, 2.45) is 0 Å². The van der Waals surface area contributed by atoms with E-state index in [1.165, 1.54) is 12.5 Å². The van der Waals surface area contributed by atoms with Crippen molar-refractivity contribution >= 4 is 22.9 Å². The highest BCUT2D eigenvalue weighted by Crippen LogP contribution is 2.31. The van der Waals surface area contributed by atoms with Crippen LogP contribution in [-0.2, 0) is 11.2 Å². The average molecular weight is 335 g/mol. The van der Waals surface area contributed by atoms with E-state index >= 15 is 0 Å². The molecule has 2 amide bonds. The monoisotopic (exact) mass is 335 g/mol. The van der Waals surface area contributed by atoms with Gasteiger partial charge in [0.25, 0.3) is 5.91 Å². The second kappa shape index (κ2) is 6.05. The molecule has 0 aliphatic carbocycles. The van der Waals surface area contributed by atoms with Gasteiger partial charge in [-0.25, -0.2) is 0 Å². The lowest BCUT2D eigenvalue weighted by Gasteiger charge is -2.36. The fourth-order valence-electron chi connectivity index (χ4n) is 3.33. The molecule has 0 saturated carbocycles. The Hall–Kier alpha value is -3.15. The summed E-state index contributed by atoms with van der Waals surface area (Å²) in [6.45, 7) is 0.476. The molecule has 1 atom stereocenters. The Morgan fingerprint density at radius 3 is 2.96 bits per heavy atom. The first-order valence-corrected chi connectivity index (χ1v) is 8.12. The molecule has 3 heterocycles. The molecule has 6 nitrogen and oxygen atoms in total. The Balaban J connectivity index is 1.74. The largest absolute Gasteiger partial charge is 0.463 e. The van der Waals surface area contributed by atoms with E-state index < -0.39 is 6.04 Å². The van der Waals surface area contributed by atoms with Crippen LogP contribution in [0.1, 0.15) is 27.5 Å². The summed E-state index contributed by atoms with van der Waals surface area (Å²) in [7, 11) is 1.58. The summed E-state index contributed by atoms with van der Waals surface area (Å²) in [5.74, 6) is -0.429. The van der Waals surface area contributed by atoms with Crippen molar-refractivity contribution in [2.75, 3.05) is 13.6 Å². The highest BCUT2D eigenvalue weighted by molar-refractivity contribution is 5.99. The minimum absolute atomic E-state index is 0.201. The van der Waals surface area contributed by atoms with Crippen molar-refractivity contribution in [2.45, 2.75) is 12.5 Å². The van der Waals surface area contributed by atoms with Crippen LogP contribution in [0.5, 0.6) is 0 Å². The molecule has 1 N–H and O–H groups in total. The van der Waals surface area contributed by atoms with Crippen molar-refractivity contribution in [1.29, 1.82) is 0 Å². The number of amides is 2. The van der Waals surface area contributed by atoms with E-state index in [2.05, 4.69) is 10.3 Å². The molecule has 1 aliphatic rings. The maximum absolute atomic E-state index is 13.1. The van der Waals surface area contributed by atoms with Gasteiger partial charge < -0.3 is 14.6 Å². The summed E-state index contributed by atoms with van der Waals surface area (Å²) < 4.78 is 5.34. The number of furan rings is 1. The van der Waals surface area contributed by atoms with Crippen LogP contribution < -0.4 is 5.32 Å². The van der Waals surface area contributed by atoms with Crippen LogP contribution in [0.2, 0.25) is 0 Å². The van der Waals surface area contributed by atoms with Crippen LogP contribution >= 0.6 is 0 Å². The lowest BCUT2D eigenvalue weighted by molar-refractivity contribution is -0.125. The van der Waals surface area contributed by atoms with Gasteiger partial charge >= 0.3 is 0 Å². The van der Waals surface area contributed by atoms with Gasteiger partial charge in [0.2, 0.25) is 5.91 Å². The van der Waals surface area contributed by atoms with Gasteiger partial charge in [0.1, 0.15) is 11.6 Å². The van der Waals surface area contributed by atoms with Crippen LogP contribution in [0.4, 0.5) is 0 Å². The Labute approximate surface area is 144 Å². The minimum Gasteiger partial charge on any atom is -0.463 e. The second-order valence-corrected chi connectivity index (χ2v) is 5.99. The molecule has 2 aromatic heterocycles. The van der Waals surface area contributed by atoms with E-state index in [0.29, 0.717) is 29.6 Å². The highest BCUT2D eigenvalue weighted by atomic mass is 16.3. The van der Waals surface area contributed by atoms with Crippen LogP contribution in [0.15, 0.2) is 53.3 Å². The molecule has 1 aliphatic heterocycles. The van der Waals surface area contributed by atoms with Gasteiger partial charge in [-0.1, -0.05) is 24.3 Å². The number of fused-ring (bicyclic) bond motifs is 2. The van der Waals surface area contributed by atoms with Gasteiger partial charge in [0.15, 0.2) is 5.58 Å². The molecule has 0 radical (unpaired) electrons. The summed E-state index contributed by atoms with van der Waals surface area (Å²) in [5, 5.41) is 2.67. The smallest absolute Gasteiger partial charge is 0.256 e. The summed E-state index contributed by atoms with van der Waals surface area (Å²) in [5.41, 5.74) is 3.63. The maximum atomic E-state index is 13.1. The number of likely N-dealkylation sites (N-methyl/N-ethyl adjacent to an activating group) is 1. The van der Waals surface area contributed by atoms with Crippen molar-refractivity contribution in [3.05, 3.63) is 65.5 Å². The zero-order chi connectivity index (χ0) is 17.4. The zero-order valence-corrected chi connectivity index (χ0v) is 13.7. The number of carbonyl (C=O) groups is 2. The molecule has 6 heteroatoms. The third-order valence-electron chi connectivity index (χ3n) is 4.59. The predicted octanol–water partition coefficient (Wildman–Crippen LogP) is 2.31. The number of carbonyl (C=O) groups excluding carboxylic acids is 2. The Morgan fingerprint density at radius 1 is 1.28 bits per heavy atom. The quantitative estimate of drug-likeness (QED) is 0.780. The third kappa shape index (κ3) is 2.55. The first-order chi connectivity index (χ1) is 12.2. The van der Waals surface area contributed by atoms with E-state index in [1.807, 2.05) is 24.3 Å². The van der Waals surface area contributed by atoms with E-state index in [0.717, 1.165) is 11.1 Å². The zero-order valence-electron chi connectivity index (χ0n) is 13.7. The normalized spacial score (nSPS) is 16.5. The summed E-state index contributed by atoms with van der Waals surface area (Å²) in [6.07, 6.45) is 3.78. The lowest BCUT2D eigenvalue weighted by Crippen LogP contribution is -2.46. The van der Waals surface area contributed by atoms with Gasteiger partial charge in [-0.15, -0.1) is 0 Å². The summed E-state index contributed by atoms with van der Waals surface area (Å²) >= 11 is 0. The minimum atomic E-state index is -0.644. The number of nitrogens with zero attached hydrogens (tertiary/aromatic N) is 2. The number of rotatable bonds is 2. The molecular formula is C19H17N3O3. The molecule has 25 heavy (non-hydrogen) atoms. The van der Waals surface area contributed by atoms with E-state index in [9.17, 15) is 9.59 Å². The van der Waals surface area contributed by atoms with Crippen molar-refractivity contribution < 1.29 is 14.0 Å². The molecule has 0 saturated heterocycles. The Bertz CT molecular complexity index is 963. The lowest BCUT2D eigenvalue weighted by atomic mass is 9.91. The van der Waals surface area contributed by atoms with Gasteiger partial charge in [0.05, 0.1) is 11.8 Å². The molecule has 1 unspecified atom stereocenters. The Morgan fingerprint density at radius 2 is 2.12 bits per heavy atom. The molecule has 0 spiro atoms. The number of hydrogen-bond donors (Lipinski definition) is 1. The summed E-state index contributed by atoms with van der Waals surface area (Å²) in [4.78, 5) is 31.4. The first kappa shape index (κ1) is 15.4. The Kier molecular flexibility index (Phi) is 3.72. The van der Waals surface area contributed by atoms with Crippen molar-refractivity contribution in [3.63, 3.8) is 0 Å². The second-order valence-electron chi connectivity index (χ2n) is 5.99.